The molecular weight excluding hydrogens is 216 g/mol. The van der Waals surface area contributed by atoms with Crippen molar-refractivity contribution in [2.75, 3.05) is 7.11 Å². The van der Waals surface area contributed by atoms with E-state index >= 15 is 0 Å². The second-order valence-electron chi connectivity index (χ2n) is 3.84. The van der Waals surface area contributed by atoms with E-state index < -0.39 is 0 Å². The molecule has 0 amide bonds. The van der Waals surface area contributed by atoms with Gasteiger partial charge in [-0.25, -0.2) is 4.98 Å². The molecule has 0 radical (unpaired) electrons. The molecule has 88 valence electrons. The van der Waals surface area contributed by atoms with Crippen molar-refractivity contribution in [3.63, 3.8) is 0 Å². The first-order valence-corrected chi connectivity index (χ1v) is 5.34. The Hall–Kier alpha value is -2.10. The fourth-order valence-electron chi connectivity index (χ4n) is 1.69. The minimum Gasteiger partial charge on any atom is -0.496 e. The summed E-state index contributed by atoms with van der Waals surface area (Å²) in [6, 6.07) is 5.44. The number of imidazole rings is 1. The third-order valence-electron chi connectivity index (χ3n) is 2.60. The van der Waals surface area contributed by atoms with E-state index in [4.69, 9.17) is 4.74 Å². The molecule has 2 aromatic rings. The number of ketones is 1. The third kappa shape index (κ3) is 2.53. The van der Waals surface area contributed by atoms with Gasteiger partial charge in [0.05, 0.1) is 20.0 Å². The molecule has 0 spiro atoms. The molecule has 4 heteroatoms. The van der Waals surface area contributed by atoms with E-state index in [1.165, 1.54) is 0 Å². The van der Waals surface area contributed by atoms with Crippen LogP contribution in [0.5, 0.6) is 5.75 Å². The number of carbonyl (C=O) groups excluding carboxylic acids is 1. The normalized spacial score (nSPS) is 10.2. The van der Waals surface area contributed by atoms with Gasteiger partial charge < -0.3 is 9.30 Å². The van der Waals surface area contributed by atoms with E-state index in [-0.39, 0.29) is 5.78 Å². The minimum atomic E-state index is 0.0637. The first-order valence-electron chi connectivity index (χ1n) is 5.34. The number of nitrogens with zero attached hydrogens (tertiary/aromatic N) is 2. The quantitative estimate of drug-likeness (QED) is 0.755. The topological polar surface area (TPSA) is 44.1 Å². The highest BCUT2D eigenvalue weighted by Crippen LogP contribution is 2.18. The third-order valence-corrected chi connectivity index (χ3v) is 2.60. The minimum absolute atomic E-state index is 0.0637. The monoisotopic (exact) mass is 230 g/mol. The largest absolute Gasteiger partial charge is 0.496 e. The number of aromatic nitrogens is 2. The van der Waals surface area contributed by atoms with Gasteiger partial charge in [-0.05, 0) is 30.7 Å². The Morgan fingerprint density at radius 3 is 2.88 bits per heavy atom. The van der Waals surface area contributed by atoms with Crippen molar-refractivity contribution in [3.8, 4) is 5.75 Å². The van der Waals surface area contributed by atoms with Gasteiger partial charge in [-0.1, -0.05) is 0 Å². The molecule has 0 unspecified atom stereocenters. The summed E-state index contributed by atoms with van der Waals surface area (Å²) >= 11 is 0. The average Bonchev–Trinajstić information content (AvgIpc) is 2.81. The fourth-order valence-corrected chi connectivity index (χ4v) is 1.69. The van der Waals surface area contributed by atoms with Gasteiger partial charge >= 0.3 is 0 Å². The van der Waals surface area contributed by atoms with Crippen LogP contribution in [-0.4, -0.2) is 22.4 Å². The lowest BCUT2D eigenvalue weighted by atomic mass is 10.1. The molecule has 1 aromatic carbocycles. The molecule has 1 heterocycles. The Bertz CT molecular complexity index is 518. The lowest BCUT2D eigenvalue weighted by Gasteiger charge is -2.07. The summed E-state index contributed by atoms with van der Waals surface area (Å²) in [4.78, 5) is 15.9. The first-order chi connectivity index (χ1) is 8.20. The van der Waals surface area contributed by atoms with Gasteiger partial charge in [-0.3, -0.25) is 4.79 Å². The summed E-state index contributed by atoms with van der Waals surface area (Å²) < 4.78 is 6.91. The zero-order valence-electron chi connectivity index (χ0n) is 9.88. The number of ether oxygens (including phenoxy) is 1. The van der Waals surface area contributed by atoms with Crippen molar-refractivity contribution in [2.45, 2.75) is 13.5 Å². The molecule has 0 saturated heterocycles. The lowest BCUT2D eigenvalue weighted by Crippen LogP contribution is -2.09. The van der Waals surface area contributed by atoms with E-state index in [0.717, 1.165) is 11.3 Å². The van der Waals surface area contributed by atoms with Crippen molar-refractivity contribution in [3.05, 3.63) is 48.0 Å². The standard InChI is InChI=1S/C13H14N2O2/c1-10-7-11(3-4-13(10)17-2)12(16)8-15-6-5-14-9-15/h3-7,9H,8H2,1-2H3. The summed E-state index contributed by atoms with van der Waals surface area (Å²) in [6.45, 7) is 2.23. The van der Waals surface area contributed by atoms with Gasteiger partial charge in [0.2, 0.25) is 0 Å². The van der Waals surface area contributed by atoms with E-state index in [1.807, 2.05) is 19.1 Å². The van der Waals surface area contributed by atoms with Gasteiger partial charge in [0.15, 0.2) is 5.78 Å². The zero-order valence-corrected chi connectivity index (χ0v) is 9.88. The summed E-state index contributed by atoms with van der Waals surface area (Å²) in [5.41, 5.74) is 1.65. The Balaban J connectivity index is 2.17. The highest BCUT2D eigenvalue weighted by Gasteiger charge is 2.08. The maximum absolute atomic E-state index is 12.0. The van der Waals surface area contributed by atoms with Gasteiger partial charge in [0, 0.05) is 18.0 Å². The van der Waals surface area contributed by atoms with Crippen LogP contribution >= 0.6 is 0 Å². The van der Waals surface area contributed by atoms with Gasteiger partial charge in [0.1, 0.15) is 5.75 Å². The second-order valence-corrected chi connectivity index (χ2v) is 3.84. The van der Waals surface area contributed by atoms with Crippen LogP contribution in [0.1, 0.15) is 15.9 Å². The van der Waals surface area contributed by atoms with E-state index in [1.54, 1.807) is 36.5 Å². The van der Waals surface area contributed by atoms with Crippen LogP contribution in [0.4, 0.5) is 0 Å². The van der Waals surface area contributed by atoms with Crippen molar-refractivity contribution < 1.29 is 9.53 Å². The predicted octanol–water partition coefficient (Wildman–Crippen LogP) is 2.08. The Labute approximate surface area is 99.9 Å². The average molecular weight is 230 g/mol. The number of Topliss-reactive ketones (excluding diaryl/α,β-unsaturated/α-hetero) is 1. The first kappa shape index (κ1) is 11.4. The Morgan fingerprint density at radius 2 is 2.29 bits per heavy atom. The van der Waals surface area contributed by atoms with Gasteiger partial charge in [0.25, 0.3) is 0 Å². The molecule has 17 heavy (non-hydrogen) atoms. The van der Waals surface area contributed by atoms with Crippen LogP contribution in [0, 0.1) is 6.92 Å². The van der Waals surface area contributed by atoms with Crippen molar-refractivity contribution >= 4 is 5.78 Å². The highest BCUT2D eigenvalue weighted by molar-refractivity contribution is 5.96. The van der Waals surface area contributed by atoms with Crippen LogP contribution < -0.4 is 4.74 Å². The zero-order chi connectivity index (χ0) is 12.3. The van der Waals surface area contributed by atoms with Crippen molar-refractivity contribution in [1.82, 2.24) is 9.55 Å². The molecule has 0 atom stereocenters. The van der Waals surface area contributed by atoms with E-state index in [9.17, 15) is 4.79 Å². The Kier molecular flexibility index (Phi) is 3.23. The summed E-state index contributed by atoms with van der Waals surface area (Å²) in [5.74, 6) is 0.859. The molecule has 0 N–H and O–H groups in total. The maximum atomic E-state index is 12.0. The summed E-state index contributed by atoms with van der Waals surface area (Å²) in [7, 11) is 1.62. The van der Waals surface area contributed by atoms with Crippen LogP contribution in [0.25, 0.3) is 0 Å². The predicted molar refractivity (Wildman–Crippen MR) is 64.3 cm³/mol. The van der Waals surface area contributed by atoms with Gasteiger partial charge in [-0.2, -0.15) is 0 Å². The number of rotatable bonds is 4. The van der Waals surface area contributed by atoms with Gasteiger partial charge in [-0.15, -0.1) is 0 Å². The smallest absolute Gasteiger partial charge is 0.182 e. The highest BCUT2D eigenvalue weighted by atomic mass is 16.5. The van der Waals surface area contributed by atoms with Crippen LogP contribution in [0.15, 0.2) is 36.9 Å². The molecule has 1 aromatic heterocycles. The lowest BCUT2D eigenvalue weighted by molar-refractivity contribution is 0.0972. The fraction of sp³-hybridized carbons (Fsp3) is 0.231. The number of aryl methyl sites for hydroxylation is 1. The number of hydrogen-bond donors (Lipinski definition) is 0. The molecule has 0 aliphatic carbocycles. The second kappa shape index (κ2) is 4.82. The molecule has 0 aliphatic heterocycles. The molecule has 0 aliphatic rings. The molecule has 0 bridgehead atoms. The molecule has 0 fully saturated rings. The van der Waals surface area contributed by atoms with E-state index in [2.05, 4.69) is 4.98 Å². The van der Waals surface area contributed by atoms with Crippen LogP contribution in [0.3, 0.4) is 0 Å². The number of carbonyl (C=O) groups is 1. The molecule has 0 saturated carbocycles. The van der Waals surface area contributed by atoms with Crippen molar-refractivity contribution in [1.29, 1.82) is 0 Å². The van der Waals surface area contributed by atoms with Crippen LogP contribution in [-0.2, 0) is 6.54 Å². The number of benzene rings is 1. The summed E-state index contributed by atoms with van der Waals surface area (Å²) in [5, 5.41) is 0. The molecule has 2 rings (SSSR count). The van der Waals surface area contributed by atoms with Crippen LogP contribution in [0.2, 0.25) is 0 Å². The SMILES string of the molecule is COc1ccc(C(=O)Cn2ccnc2)cc1C. The number of hydrogen-bond acceptors (Lipinski definition) is 3. The maximum Gasteiger partial charge on any atom is 0.182 e. The number of methoxy groups -OCH3 is 1. The molecule has 4 nitrogen and oxygen atoms in total. The Morgan fingerprint density at radius 1 is 1.47 bits per heavy atom. The summed E-state index contributed by atoms with van der Waals surface area (Å²) in [6.07, 6.45) is 5.06. The molecular formula is C13H14N2O2. The van der Waals surface area contributed by atoms with E-state index in [0.29, 0.717) is 12.1 Å². The van der Waals surface area contributed by atoms with Crippen molar-refractivity contribution in [2.24, 2.45) is 0 Å².